The van der Waals surface area contributed by atoms with Gasteiger partial charge in [-0.05, 0) is 48.6 Å². The van der Waals surface area contributed by atoms with Crippen molar-refractivity contribution in [1.82, 2.24) is 10.4 Å². The van der Waals surface area contributed by atoms with Crippen LogP contribution in [0.15, 0.2) is 48.8 Å². The van der Waals surface area contributed by atoms with Gasteiger partial charge in [0.15, 0.2) is 0 Å². The van der Waals surface area contributed by atoms with E-state index in [9.17, 15) is 0 Å². The minimum Gasteiger partial charge on any atom is -0.496 e. The second-order valence-electron chi connectivity index (χ2n) is 4.77. The Balaban J connectivity index is 1.95. The zero-order valence-corrected chi connectivity index (χ0v) is 11.8. The monoisotopic (exact) mass is 271 g/mol. The lowest BCUT2D eigenvalue weighted by Crippen LogP contribution is -2.37. The summed E-state index contributed by atoms with van der Waals surface area (Å²) in [5.74, 6) is 6.59. The Morgan fingerprint density at radius 2 is 1.95 bits per heavy atom. The summed E-state index contributed by atoms with van der Waals surface area (Å²) in [6.45, 7) is 0. The molecule has 1 aromatic heterocycles. The number of hydrogen-bond donors (Lipinski definition) is 2. The van der Waals surface area contributed by atoms with Gasteiger partial charge in [0, 0.05) is 18.4 Å². The van der Waals surface area contributed by atoms with E-state index >= 15 is 0 Å². The highest BCUT2D eigenvalue weighted by Gasteiger charge is 2.11. The maximum absolute atomic E-state index is 5.67. The average molecular weight is 271 g/mol. The largest absolute Gasteiger partial charge is 0.496 e. The van der Waals surface area contributed by atoms with Crippen LogP contribution in [-0.4, -0.2) is 18.1 Å². The lowest BCUT2D eigenvalue weighted by Gasteiger charge is -2.17. The molecule has 1 atom stereocenters. The molecule has 106 valence electrons. The molecule has 2 aromatic rings. The van der Waals surface area contributed by atoms with Crippen LogP contribution in [0, 0.1) is 0 Å². The lowest BCUT2D eigenvalue weighted by atomic mass is 9.99. The number of nitrogens with one attached hydrogen (secondary N) is 1. The van der Waals surface area contributed by atoms with Crippen molar-refractivity contribution in [2.24, 2.45) is 5.84 Å². The Bertz CT molecular complexity index is 516. The van der Waals surface area contributed by atoms with Crippen molar-refractivity contribution in [3.8, 4) is 5.75 Å². The minimum atomic E-state index is 0.222. The third-order valence-corrected chi connectivity index (χ3v) is 3.43. The number of nitrogens with zero attached hydrogens (tertiary/aromatic N) is 1. The zero-order valence-electron chi connectivity index (χ0n) is 11.8. The van der Waals surface area contributed by atoms with Crippen molar-refractivity contribution < 1.29 is 4.74 Å². The Hall–Kier alpha value is -1.91. The van der Waals surface area contributed by atoms with E-state index in [-0.39, 0.29) is 6.04 Å². The number of rotatable bonds is 7. The number of ether oxygens (including phenoxy) is 1. The highest BCUT2D eigenvalue weighted by Crippen LogP contribution is 2.20. The first-order valence-corrected chi connectivity index (χ1v) is 6.80. The molecule has 0 saturated heterocycles. The van der Waals surface area contributed by atoms with Gasteiger partial charge in [-0.3, -0.25) is 16.3 Å². The van der Waals surface area contributed by atoms with Crippen LogP contribution < -0.4 is 16.0 Å². The fourth-order valence-corrected chi connectivity index (χ4v) is 2.27. The molecule has 20 heavy (non-hydrogen) atoms. The SMILES string of the molecule is COc1ccccc1CC(CCc1ccncc1)NN. The number of benzene rings is 1. The van der Waals surface area contributed by atoms with Crippen molar-refractivity contribution >= 4 is 0 Å². The van der Waals surface area contributed by atoms with Crippen LogP contribution in [-0.2, 0) is 12.8 Å². The molecule has 4 nitrogen and oxygen atoms in total. The molecular weight excluding hydrogens is 250 g/mol. The van der Waals surface area contributed by atoms with Crippen LogP contribution in [0.1, 0.15) is 17.5 Å². The van der Waals surface area contributed by atoms with Crippen LogP contribution in [0.3, 0.4) is 0 Å². The van der Waals surface area contributed by atoms with Gasteiger partial charge in [0.2, 0.25) is 0 Å². The Morgan fingerprint density at radius 1 is 1.20 bits per heavy atom. The molecule has 1 aromatic carbocycles. The van der Waals surface area contributed by atoms with Gasteiger partial charge in [0.1, 0.15) is 5.75 Å². The first-order chi connectivity index (χ1) is 9.83. The van der Waals surface area contributed by atoms with E-state index in [1.807, 2.05) is 42.7 Å². The predicted octanol–water partition coefficient (Wildman–Crippen LogP) is 2.10. The molecule has 0 radical (unpaired) electrons. The number of aryl methyl sites for hydroxylation is 1. The van der Waals surface area contributed by atoms with Gasteiger partial charge in [-0.15, -0.1) is 0 Å². The maximum Gasteiger partial charge on any atom is 0.122 e. The van der Waals surface area contributed by atoms with Crippen LogP contribution in [0.2, 0.25) is 0 Å². The number of pyridine rings is 1. The highest BCUT2D eigenvalue weighted by atomic mass is 16.5. The standard InChI is InChI=1S/C16H21N3O/c1-20-16-5-3-2-4-14(16)12-15(19-17)7-6-13-8-10-18-11-9-13/h2-5,8-11,15,19H,6-7,12,17H2,1H3. The zero-order chi connectivity index (χ0) is 14.2. The van der Waals surface area contributed by atoms with Crippen LogP contribution in [0.25, 0.3) is 0 Å². The number of nitrogens with two attached hydrogens (primary N) is 1. The van der Waals surface area contributed by atoms with Gasteiger partial charge in [-0.25, -0.2) is 0 Å². The normalized spacial score (nSPS) is 12.1. The highest BCUT2D eigenvalue weighted by molar-refractivity contribution is 5.33. The van der Waals surface area contributed by atoms with E-state index in [2.05, 4.69) is 16.5 Å². The topological polar surface area (TPSA) is 60.2 Å². The summed E-state index contributed by atoms with van der Waals surface area (Å²) in [5, 5.41) is 0. The van der Waals surface area contributed by atoms with Crippen molar-refractivity contribution in [2.75, 3.05) is 7.11 Å². The van der Waals surface area contributed by atoms with E-state index in [1.54, 1.807) is 7.11 Å². The Kier molecular flexibility index (Phi) is 5.53. The maximum atomic E-state index is 5.67. The summed E-state index contributed by atoms with van der Waals surface area (Å²) in [7, 11) is 1.70. The minimum absolute atomic E-state index is 0.222. The molecule has 0 bridgehead atoms. The third-order valence-electron chi connectivity index (χ3n) is 3.43. The fourth-order valence-electron chi connectivity index (χ4n) is 2.27. The molecule has 3 N–H and O–H groups in total. The van der Waals surface area contributed by atoms with E-state index < -0.39 is 0 Å². The van der Waals surface area contributed by atoms with Gasteiger partial charge in [-0.1, -0.05) is 18.2 Å². The number of methoxy groups -OCH3 is 1. The summed E-state index contributed by atoms with van der Waals surface area (Å²) >= 11 is 0. The van der Waals surface area contributed by atoms with E-state index in [0.29, 0.717) is 0 Å². The first-order valence-electron chi connectivity index (χ1n) is 6.80. The predicted molar refractivity (Wildman–Crippen MR) is 80.4 cm³/mol. The van der Waals surface area contributed by atoms with Crippen molar-refractivity contribution in [3.63, 3.8) is 0 Å². The molecule has 0 amide bonds. The van der Waals surface area contributed by atoms with Gasteiger partial charge in [-0.2, -0.15) is 0 Å². The second kappa shape index (κ2) is 7.62. The first kappa shape index (κ1) is 14.5. The Morgan fingerprint density at radius 3 is 2.65 bits per heavy atom. The number of hydrazine groups is 1. The summed E-state index contributed by atoms with van der Waals surface area (Å²) in [4.78, 5) is 4.03. The second-order valence-corrected chi connectivity index (χ2v) is 4.77. The molecule has 1 heterocycles. The molecule has 0 aliphatic carbocycles. The van der Waals surface area contributed by atoms with Crippen LogP contribution in [0.4, 0.5) is 0 Å². The molecular formula is C16H21N3O. The molecule has 1 unspecified atom stereocenters. The van der Waals surface area contributed by atoms with Crippen molar-refractivity contribution in [2.45, 2.75) is 25.3 Å². The number of para-hydroxylation sites is 1. The molecule has 4 heteroatoms. The average Bonchev–Trinajstić information content (AvgIpc) is 2.52. The molecule has 0 spiro atoms. The van der Waals surface area contributed by atoms with E-state index in [4.69, 9.17) is 10.6 Å². The summed E-state index contributed by atoms with van der Waals surface area (Å²) in [6.07, 6.45) is 6.44. The van der Waals surface area contributed by atoms with Crippen molar-refractivity contribution in [3.05, 3.63) is 59.9 Å². The quantitative estimate of drug-likeness (QED) is 0.598. The molecule has 0 aliphatic rings. The summed E-state index contributed by atoms with van der Waals surface area (Å²) in [6, 6.07) is 12.4. The summed E-state index contributed by atoms with van der Waals surface area (Å²) in [5.41, 5.74) is 5.35. The molecule has 2 rings (SSSR count). The smallest absolute Gasteiger partial charge is 0.122 e. The van der Waals surface area contributed by atoms with Gasteiger partial charge in [0.25, 0.3) is 0 Å². The summed E-state index contributed by atoms with van der Waals surface area (Å²) < 4.78 is 5.38. The number of hydrogen-bond acceptors (Lipinski definition) is 4. The van der Waals surface area contributed by atoms with Gasteiger partial charge >= 0.3 is 0 Å². The van der Waals surface area contributed by atoms with E-state index in [1.165, 1.54) is 11.1 Å². The number of aromatic nitrogens is 1. The van der Waals surface area contributed by atoms with Crippen molar-refractivity contribution in [1.29, 1.82) is 0 Å². The van der Waals surface area contributed by atoms with E-state index in [0.717, 1.165) is 25.0 Å². The van der Waals surface area contributed by atoms with Gasteiger partial charge in [0.05, 0.1) is 7.11 Å². The Labute approximate surface area is 120 Å². The van der Waals surface area contributed by atoms with Crippen LogP contribution in [0.5, 0.6) is 5.75 Å². The third kappa shape index (κ3) is 4.05. The van der Waals surface area contributed by atoms with Gasteiger partial charge < -0.3 is 4.74 Å². The molecule has 0 fully saturated rings. The molecule has 0 saturated carbocycles. The molecule has 0 aliphatic heterocycles. The van der Waals surface area contributed by atoms with Crippen LogP contribution >= 0.6 is 0 Å². The fraction of sp³-hybridized carbons (Fsp3) is 0.312. The lowest BCUT2D eigenvalue weighted by molar-refractivity contribution is 0.403.